The Labute approximate surface area is 148 Å². The van der Waals surface area contributed by atoms with Crippen LogP contribution in [-0.2, 0) is 17.6 Å². The Bertz CT molecular complexity index is 684. The second-order valence-electron chi connectivity index (χ2n) is 6.71. The molecule has 1 unspecified atom stereocenters. The summed E-state index contributed by atoms with van der Waals surface area (Å²) in [7, 11) is 0. The van der Waals surface area contributed by atoms with Gasteiger partial charge in [0.25, 0.3) is 6.02 Å². The smallest absolute Gasteiger partial charge is 0.285 e. The molecule has 0 spiro atoms. The van der Waals surface area contributed by atoms with Crippen LogP contribution in [0.3, 0.4) is 0 Å². The van der Waals surface area contributed by atoms with E-state index in [0.717, 1.165) is 44.5 Å². The number of rotatable bonds is 6. The van der Waals surface area contributed by atoms with Crippen molar-refractivity contribution in [3.05, 3.63) is 47.6 Å². The van der Waals surface area contributed by atoms with Gasteiger partial charge in [-0.15, -0.1) is 0 Å². The van der Waals surface area contributed by atoms with E-state index < -0.39 is 0 Å². The summed E-state index contributed by atoms with van der Waals surface area (Å²) in [6.07, 6.45) is 4.70. The predicted octanol–water partition coefficient (Wildman–Crippen LogP) is 3.74. The SMILES string of the molecule is CC(C)OC(=N)N1CCCC1c1nc(CCCc2ccccc2)no1. The number of nitrogens with one attached hydrogen (secondary N) is 1. The Balaban J connectivity index is 1.56. The molecule has 0 amide bonds. The minimum absolute atomic E-state index is 0.00928. The van der Waals surface area contributed by atoms with Gasteiger partial charge in [0, 0.05) is 13.0 Å². The lowest BCUT2D eigenvalue weighted by molar-refractivity contribution is 0.159. The van der Waals surface area contributed by atoms with Crippen LogP contribution in [0, 0.1) is 5.41 Å². The molecule has 1 aliphatic heterocycles. The standard InChI is InChI=1S/C19H26N4O2/c1-14(2)24-19(20)23-13-7-11-16(23)18-21-17(22-25-18)12-6-10-15-8-4-3-5-9-15/h3-5,8-9,14,16,20H,6-7,10-13H2,1-2H3. The van der Waals surface area contributed by atoms with E-state index in [2.05, 4.69) is 34.4 Å². The Kier molecular flexibility index (Phi) is 5.68. The molecule has 1 aromatic carbocycles. The van der Waals surface area contributed by atoms with Gasteiger partial charge in [0.05, 0.1) is 6.10 Å². The fourth-order valence-electron chi connectivity index (χ4n) is 3.16. The number of hydrogen-bond acceptors (Lipinski definition) is 5. The normalized spacial score (nSPS) is 17.2. The van der Waals surface area contributed by atoms with E-state index in [1.54, 1.807) is 0 Å². The van der Waals surface area contributed by atoms with Gasteiger partial charge in [0.2, 0.25) is 5.89 Å². The predicted molar refractivity (Wildman–Crippen MR) is 95.4 cm³/mol. The average Bonchev–Trinajstić information content (AvgIpc) is 3.24. The van der Waals surface area contributed by atoms with E-state index in [4.69, 9.17) is 14.7 Å². The van der Waals surface area contributed by atoms with Crippen LogP contribution in [0.2, 0.25) is 0 Å². The first-order chi connectivity index (χ1) is 12.1. The first-order valence-electron chi connectivity index (χ1n) is 9.01. The highest BCUT2D eigenvalue weighted by atomic mass is 16.5. The summed E-state index contributed by atoms with van der Waals surface area (Å²) in [6, 6.07) is 10.6. The third kappa shape index (κ3) is 4.59. The van der Waals surface area contributed by atoms with Crippen molar-refractivity contribution in [3.8, 4) is 0 Å². The molecule has 0 saturated carbocycles. The third-order valence-corrected chi connectivity index (χ3v) is 4.34. The van der Waals surface area contributed by atoms with Crippen molar-refractivity contribution >= 4 is 6.02 Å². The van der Waals surface area contributed by atoms with Gasteiger partial charge >= 0.3 is 0 Å². The van der Waals surface area contributed by atoms with Crippen molar-refractivity contribution in [1.82, 2.24) is 15.0 Å². The van der Waals surface area contributed by atoms with Crippen LogP contribution in [0.5, 0.6) is 0 Å². The van der Waals surface area contributed by atoms with Gasteiger partial charge in [-0.1, -0.05) is 35.5 Å². The van der Waals surface area contributed by atoms with Crippen LogP contribution in [0.1, 0.15) is 56.4 Å². The summed E-state index contributed by atoms with van der Waals surface area (Å²) in [5.41, 5.74) is 1.33. The van der Waals surface area contributed by atoms with Gasteiger partial charge in [-0.3, -0.25) is 5.41 Å². The summed E-state index contributed by atoms with van der Waals surface area (Å²) < 4.78 is 11.0. The molecule has 6 nitrogen and oxygen atoms in total. The molecule has 0 bridgehead atoms. The van der Waals surface area contributed by atoms with Crippen LogP contribution < -0.4 is 0 Å². The molecule has 0 radical (unpaired) electrons. The molecule has 25 heavy (non-hydrogen) atoms. The lowest BCUT2D eigenvalue weighted by Crippen LogP contribution is -2.33. The molecule has 134 valence electrons. The summed E-state index contributed by atoms with van der Waals surface area (Å²) in [4.78, 5) is 6.48. The van der Waals surface area contributed by atoms with Gasteiger partial charge in [-0.25, -0.2) is 0 Å². The topological polar surface area (TPSA) is 75.2 Å². The molecule has 2 aromatic rings. The van der Waals surface area contributed by atoms with Crippen molar-refractivity contribution in [1.29, 1.82) is 5.41 Å². The van der Waals surface area contributed by atoms with E-state index in [1.165, 1.54) is 5.56 Å². The number of likely N-dealkylation sites (tertiary alicyclic amines) is 1. The van der Waals surface area contributed by atoms with Crippen LogP contribution in [0.25, 0.3) is 0 Å². The minimum Gasteiger partial charge on any atom is -0.463 e. The minimum atomic E-state index is -0.0402. The highest BCUT2D eigenvalue weighted by Crippen LogP contribution is 2.31. The van der Waals surface area contributed by atoms with Crippen LogP contribution in [0.15, 0.2) is 34.9 Å². The quantitative estimate of drug-likeness (QED) is 0.639. The van der Waals surface area contributed by atoms with Gasteiger partial charge in [-0.2, -0.15) is 4.98 Å². The largest absolute Gasteiger partial charge is 0.463 e. The molecular weight excluding hydrogens is 316 g/mol. The number of benzene rings is 1. The monoisotopic (exact) mass is 342 g/mol. The molecule has 0 aliphatic carbocycles. The molecule has 1 fully saturated rings. The van der Waals surface area contributed by atoms with Crippen LogP contribution in [0.4, 0.5) is 0 Å². The van der Waals surface area contributed by atoms with Crippen LogP contribution in [-0.4, -0.2) is 33.7 Å². The molecule has 1 aliphatic rings. The second-order valence-corrected chi connectivity index (χ2v) is 6.71. The first kappa shape index (κ1) is 17.5. The molecule has 1 N–H and O–H groups in total. The van der Waals surface area contributed by atoms with Crippen molar-refractivity contribution in [2.75, 3.05) is 6.54 Å². The lowest BCUT2D eigenvalue weighted by atomic mass is 10.1. The molecule has 1 saturated heterocycles. The highest BCUT2D eigenvalue weighted by molar-refractivity contribution is 5.71. The summed E-state index contributed by atoms with van der Waals surface area (Å²) in [5, 5.41) is 12.2. The van der Waals surface area contributed by atoms with Crippen molar-refractivity contribution < 1.29 is 9.26 Å². The number of aryl methyl sites for hydroxylation is 2. The number of amidine groups is 1. The summed E-state index contributed by atoms with van der Waals surface area (Å²) in [5.74, 6) is 1.35. The zero-order valence-corrected chi connectivity index (χ0v) is 14.9. The maximum absolute atomic E-state index is 8.12. The Morgan fingerprint density at radius 1 is 1.32 bits per heavy atom. The maximum Gasteiger partial charge on any atom is 0.285 e. The molecular formula is C19H26N4O2. The maximum atomic E-state index is 8.12. The highest BCUT2D eigenvalue weighted by Gasteiger charge is 2.33. The van der Waals surface area contributed by atoms with E-state index in [9.17, 15) is 0 Å². The van der Waals surface area contributed by atoms with Crippen molar-refractivity contribution in [3.63, 3.8) is 0 Å². The van der Waals surface area contributed by atoms with Gasteiger partial charge in [0.15, 0.2) is 5.82 Å². The van der Waals surface area contributed by atoms with E-state index in [0.29, 0.717) is 5.89 Å². The third-order valence-electron chi connectivity index (χ3n) is 4.34. The second kappa shape index (κ2) is 8.14. The number of nitrogens with zero attached hydrogens (tertiary/aromatic N) is 3. The Morgan fingerprint density at radius 2 is 2.12 bits per heavy atom. The molecule has 2 heterocycles. The zero-order valence-electron chi connectivity index (χ0n) is 14.9. The number of hydrogen-bond donors (Lipinski definition) is 1. The number of ether oxygens (including phenoxy) is 1. The summed E-state index contributed by atoms with van der Waals surface area (Å²) in [6.45, 7) is 4.65. The Hall–Kier alpha value is -2.37. The molecule has 1 aromatic heterocycles. The first-order valence-corrected chi connectivity index (χ1v) is 9.01. The van der Waals surface area contributed by atoms with Crippen LogP contribution >= 0.6 is 0 Å². The molecule has 3 rings (SSSR count). The average molecular weight is 342 g/mol. The molecule has 6 heteroatoms. The van der Waals surface area contributed by atoms with Gasteiger partial charge in [0.1, 0.15) is 6.04 Å². The lowest BCUT2D eigenvalue weighted by Gasteiger charge is -2.25. The van der Waals surface area contributed by atoms with E-state index >= 15 is 0 Å². The molecule has 1 atom stereocenters. The van der Waals surface area contributed by atoms with Crippen molar-refractivity contribution in [2.45, 2.75) is 58.1 Å². The fraction of sp³-hybridized carbons (Fsp3) is 0.526. The Morgan fingerprint density at radius 3 is 2.88 bits per heavy atom. The van der Waals surface area contributed by atoms with E-state index in [1.807, 2.05) is 24.8 Å². The number of aromatic nitrogens is 2. The summed E-state index contributed by atoms with van der Waals surface area (Å²) >= 11 is 0. The zero-order chi connectivity index (χ0) is 17.6. The van der Waals surface area contributed by atoms with Crippen molar-refractivity contribution in [2.24, 2.45) is 0 Å². The fourth-order valence-corrected chi connectivity index (χ4v) is 3.16. The van der Waals surface area contributed by atoms with Gasteiger partial charge in [-0.05, 0) is 45.1 Å². The van der Waals surface area contributed by atoms with Gasteiger partial charge < -0.3 is 14.2 Å². The van der Waals surface area contributed by atoms with E-state index in [-0.39, 0.29) is 18.2 Å².